The maximum absolute atomic E-state index is 9.64. The predicted octanol–water partition coefficient (Wildman–Crippen LogP) is 3.20. The molecule has 2 aromatic carbocycles. The van der Waals surface area contributed by atoms with Gasteiger partial charge in [0.25, 0.3) is 0 Å². The van der Waals surface area contributed by atoms with E-state index in [9.17, 15) is 5.11 Å². The van der Waals surface area contributed by atoms with Crippen molar-refractivity contribution in [3.05, 3.63) is 48.5 Å². The highest BCUT2D eigenvalue weighted by molar-refractivity contribution is 5.67. The number of phenolic OH excluding ortho intramolecular Hbond substituents is 1. The van der Waals surface area contributed by atoms with Crippen molar-refractivity contribution < 1.29 is 5.11 Å². The highest BCUT2D eigenvalue weighted by Gasteiger charge is 2.00. The molecule has 0 radical (unpaired) electrons. The standard InChI is InChI=1S/C14H16N2O/c1-16(2)12-9-7-11(8-10-12)15-13-5-3-4-6-14(13)17/h3-10,15,17H,1-2H3. The molecule has 88 valence electrons. The molecule has 0 saturated carbocycles. The first-order valence-corrected chi connectivity index (χ1v) is 5.49. The van der Waals surface area contributed by atoms with Gasteiger partial charge in [-0.05, 0) is 36.4 Å². The van der Waals surface area contributed by atoms with E-state index in [1.54, 1.807) is 12.1 Å². The maximum Gasteiger partial charge on any atom is 0.139 e. The maximum atomic E-state index is 9.64. The lowest BCUT2D eigenvalue weighted by atomic mass is 10.2. The Bertz CT molecular complexity index is 492. The summed E-state index contributed by atoms with van der Waals surface area (Å²) in [5, 5.41) is 12.8. The quantitative estimate of drug-likeness (QED) is 0.792. The third-order valence-electron chi connectivity index (χ3n) is 2.57. The molecule has 3 nitrogen and oxygen atoms in total. The molecule has 0 aromatic heterocycles. The van der Waals surface area contributed by atoms with Gasteiger partial charge in [-0.25, -0.2) is 0 Å². The van der Waals surface area contributed by atoms with Crippen LogP contribution >= 0.6 is 0 Å². The van der Waals surface area contributed by atoms with E-state index >= 15 is 0 Å². The average molecular weight is 228 g/mol. The Balaban J connectivity index is 2.17. The third kappa shape index (κ3) is 2.69. The fourth-order valence-corrected chi connectivity index (χ4v) is 1.58. The first kappa shape index (κ1) is 11.3. The Morgan fingerprint density at radius 3 is 2.18 bits per heavy atom. The van der Waals surface area contributed by atoms with Crippen LogP contribution in [0.5, 0.6) is 5.75 Å². The summed E-state index contributed by atoms with van der Waals surface area (Å²) < 4.78 is 0. The van der Waals surface area contributed by atoms with Gasteiger partial charge in [0.05, 0.1) is 5.69 Å². The molecule has 17 heavy (non-hydrogen) atoms. The third-order valence-corrected chi connectivity index (χ3v) is 2.57. The van der Waals surface area contributed by atoms with Crippen LogP contribution in [0.2, 0.25) is 0 Å². The molecule has 2 N–H and O–H groups in total. The second-order valence-electron chi connectivity index (χ2n) is 4.08. The molecular formula is C14H16N2O. The topological polar surface area (TPSA) is 35.5 Å². The van der Waals surface area contributed by atoms with Gasteiger partial charge in [-0.15, -0.1) is 0 Å². The van der Waals surface area contributed by atoms with Crippen LogP contribution in [0.15, 0.2) is 48.5 Å². The van der Waals surface area contributed by atoms with Gasteiger partial charge in [-0.3, -0.25) is 0 Å². The minimum absolute atomic E-state index is 0.254. The predicted molar refractivity (Wildman–Crippen MR) is 72.2 cm³/mol. The first-order chi connectivity index (χ1) is 8.16. The number of nitrogens with one attached hydrogen (secondary N) is 1. The van der Waals surface area contributed by atoms with E-state index in [-0.39, 0.29) is 5.75 Å². The second-order valence-corrected chi connectivity index (χ2v) is 4.08. The van der Waals surface area contributed by atoms with Gasteiger partial charge in [-0.1, -0.05) is 12.1 Å². The number of benzene rings is 2. The normalized spacial score (nSPS) is 10.0. The Hall–Kier alpha value is -2.16. The number of phenols is 1. The molecule has 0 saturated heterocycles. The molecule has 2 aromatic rings. The van der Waals surface area contributed by atoms with Crippen LogP contribution in [0.1, 0.15) is 0 Å². The number of hydrogen-bond acceptors (Lipinski definition) is 3. The van der Waals surface area contributed by atoms with Crippen molar-refractivity contribution in [2.75, 3.05) is 24.3 Å². The van der Waals surface area contributed by atoms with Gasteiger partial charge in [0.2, 0.25) is 0 Å². The minimum atomic E-state index is 0.254. The van der Waals surface area contributed by atoms with Crippen LogP contribution in [0.25, 0.3) is 0 Å². The van der Waals surface area contributed by atoms with Gasteiger partial charge in [0.1, 0.15) is 5.75 Å². The second kappa shape index (κ2) is 4.78. The molecule has 0 atom stereocenters. The summed E-state index contributed by atoms with van der Waals surface area (Å²) >= 11 is 0. The van der Waals surface area contributed by atoms with E-state index in [1.165, 1.54) is 0 Å². The molecular weight excluding hydrogens is 212 g/mol. The molecule has 0 amide bonds. The molecule has 0 aliphatic heterocycles. The molecule has 0 fully saturated rings. The van der Waals surface area contributed by atoms with Gasteiger partial charge in [0, 0.05) is 25.5 Å². The molecule has 0 aliphatic rings. The van der Waals surface area contributed by atoms with Gasteiger partial charge < -0.3 is 15.3 Å². The van der Waals surface area contributed by atoms with Crippen LogP contribution in [-0.4, -0.2) is 19.2 Å². The van der Waals surface area contributed by atoms with E-state index in [0.29, 0.717) is 5.69 Å². The number of nitrogens with zero attached hydrogens (tertiary/aromatic N) is 1. The van der Waals surface area contributed by atoms with E-state index < -0.39 is 0 Å². The number of rotatable bonds is 3. The Morgan fingerprint density at radius 1 is 0.941 bits per heavy atom. The van der Waals surface area contributed by atoms with Gasteiger partial charge >= 0.3 is 0 Å². The minimum Gasteiger partial charge on any atom is -0.506 e. The lowest BCUT2D eigenvalue weighted by Crippen LogP contribution is -2.08. The van der Waals surface area contributed by atoms with Crippen molar-refractivity contribution >= 4 is 17.1 Å². The number of anilines is 3. The number of aromatic hydroxyl groups is 1. The number of para-hydroxylation sites is 2. The SMILES string of the molecule is CN(C)c1ccc(Nc2ccccc2O)cc1. The molecule has 0 spiro atoms. The summed E-state index contributed by atoms with van der Waals surface area (Å²) in [5.41, 5.74) is 2.81. The van der Waals surface area contributed by atoms with Crippen molar-refractivity contribution in [1.29, 1.82) is 0 Å². The van der Waals surface area contributed by atoms with Gasteiger partial charge in [-0.2, -0.15) is 0 Å². The van der Waals surface area contributed by atoms with E-state index in [4.69, 9.17) is 0 Å². The largest absolute Gasteiger partial charge is 0.506 e. The highest BCUT2D eigenvalue weighted by Crippen LogP contribution is 2.26. The molecule has 0 bridgehead atoms. The lowest BCUT2D eigenvalue weighted by molar-refractivity contribution is 0.478. The van der Waals surface area contributed by atoms with Crippen molar-refractivity contribution in [2.45, 2.75) is 0 Å². The molecule has 3 heteroatoms. The molecule has 2 rings (SSSR count). The number of hydrogen-bond donors (Lipinski definition) is 2. The highest BCUT2D eigenvalue weighted by atomic mass is 16.3. The summed E-state index contributed by atoms with van der Waals surface area (Å²) in [6.45, 7) is 0. The van der Waals surface area contributed by atoms with Crippen molar-refractivity contribution in [2.24, 2.45) is 0 Å². The summed E-state index contributed by atoms with van der Waals surface area (Å²) in [6.07, 6.45) is 0. The van der Waals surface area contributed by atoms with Crippen LogP contribution in [0.3, 0.4) is 0 Å². The van der Waals surface area contributed by atoms with Gasteiger partial charge in [0.15, 0.2) is 0 Å². The van der Waals surface area contributed by atoms with Crippen molar-refractivity contribution in [3.8, 4) is 5.75 Å². The molecule has 0 aliphatic carbocycles. The zero-order chi connectivity index (χ0) is 12.3. The lowest BCUT2D eigenvalue weighted by Gasteiger charge is -2.13. The summed E-state index contributed by atoms with van der Waals surface area (Å²) in [6, 6.07) is 15.2. The Labute approximate surface area is 101 Å². The fourth-order valence-electron chi connectivity index (χ4n) is 1.58. The fraction of sp³-hybridized carbons (Fsp3) is 0.143. The Kier molecular flexibility index (Phi) is 3.19. The van der Waals surface area contributed by atoms with Crippen LogP contribution in [-0.2, 0) is 0 Å². The van der Waals surface area contributed by atoms with E-state index in [0.717, 1.165) is 11.4 Å². The van der Waals surface area contributed by atoms with E-state index in [1.807, 2.05) is 55.4 Å². The van der Waals surface area contributed by atoms with Crippen LogP contribution in [0, 0.1) is 0 Å². The first-order valence-electron chi connectivity index (χ1n) is 5.49. The smallest absolute Gasteiger partial charge is 0.139 e. The molecule has 0 heterocycles. The van der Waals surface area contributed by atoms with Crippen LogP contribution in [0.4, 0.5) is 17.1 Å². The van der Waals surface area contributed by atoms with Crippen molar-refractivity contribution in [3.63, 3.8) is 0 Å². The zero-order valence-electron chi connectivity index (χ0n) is 10.0. The zero-order valence-corrected chi connectivity index (χ0v) is 10.0. The van der Waals surface area contributed by atoms with Crippen molar-refractivity contribution in [1.82, 2.24) is 0 Å². The van der Waals surface area contributed by atoms with E-state index in [2.05, 4.69) is 5.32 Å². The van der Waals surface area contributed by atoms with Crippen LogP contribution < -0.4 is 10.2 Å². The molecule has 0 unspecified atom stereocenters. The summed E-state index contributed by atoms with van der Waals surface area (Å²) in [5.74, 6) is 0.254. The Morgan fingerprint density at radius 2 is 1.59 bits per heavy atom. The monoisotopic (exact) mass is 228 g/mol. The summed E-state index contributed by atoms with van der Waals surface area (Å²) in [7, 11) is 4.01. The average Bonchev–Trinajstić information content (AvgIpc) is 2.33. The summed E-state index contributed by atoms with van der Waals surface area (Å²) in [4.78, 5) is 2.05.